The van der Waals surface area contributed by atoms with Gasteiger partial charge in [-0.3, -0.25) is 0 Å². The van der Waals surface area contributed by atoms with Crippen molar-refractivity contribution in [1.29, 1.82) is 0 Å². The van der Waals surface area contributed by atoms with Crippen molar-refractivity contribution in [1.82, 2.24) is 0 Å². The summed E-state index contributed by atoms with van der Waals surface area (Å²) in [6.07, 6.45) is 0. The first-order valence-corrected chi connectivity index (χ1v) is 7.42. The molecule has 3 rings (SSSR count). The fourth-order valence-electron chi connectivity index (χ4n) is 2.74. The summed E-state index contributed by atoms with van der Waals surface area (Å²) in [5.41, 5.74) is 6.63. The summed E-state index contributed by atoms with van der Waals surface area (Å²) >= 11 is 0. The van der Waals surface area contributed by atoms with Crippen LogP contribution in [0.1, 0.15) is 33.7 Å². The maximum absolute atomic E-state index is 2.24. The summed E-state index contributed by atoms with van der Waals surface area (Å²) < 4.78 is 0. The van der Waals surface area contributed by atoms with E-state index in [9.17, 15) is 0 Å². The van der Waals surface area contributed by atoms with Gasteiger partial charge in [0.15, 0.2) is 0 Å². The topological polar surface area (TPSA) is 0 Å². The van der Waals surface area contributed by atoms with Gasteiger partial charge in [0.25, 0.3) is 0 Å². The third-order valence-electron chi connectivity index (χ3n) is 3.95. The Labute approximate surface area is 127 Å². The van der Waals surface area contributed by atoms with Crippen molar-refractivity contribution in [3.63, 3.8) is 0 Å². The van der Waals surface area contributed by atoms with Gasteiger partial charge in [-0.1, -0.05) is 90.0 Å². The van der Waals surface area contributed by atoms with E-state index in [-0.39, 0.29) is 0 Å². The van der Waals surface area contributed by atoms with Crippen LogP contribution in [0.25, 0.3) is 0 Å². The second-order valence-corrected chi connectivity index (χ2v) is 5.67. The van der Waals surface area contributed by atoms with E-state index >= 15 is 0 Å². The molecule has 0 aromatic heterocycles. The molecular formula is C21H20. The number of aryl methyl sites for hydroxylation is 2. The highest BCUT2D eigenvalue weighted by atomic mass is 14.2. The summed E-state index contributed by atoms with van der Waals surface area (Å²) in [5.74, 6) is 0.299. The molecule has 0 heteroatoms. The molecule has 0 radical (unpaired) electrons. The molecule has 0 saturated carbocycles. The van der Waals surface area contributed by atoms with E-state index < -0.39 is 0 Å². The van der Waals surface area contributed by atoms with Gasteiger partial charge in [0.05, 0.1) is 0 Å². The second-order valence-electron chi connectivity index (χ2n) is 5.67. The molecule has 3 aromatic carbocycles. The van der Waals surface area contributed by atoms with Crippen LogP contribution in [0, 0.1) is 13.8 Å². The van der Waals surface area contributed by atoms with E-state index in [4.69, 9.17) is 0 Å². The monoisotopic (exact) mass is 272 g/mol. The molecule has 0 bridgehead atoms. The molecule has 0 fully saturated rings. The Morgan fingerprint density at radius 3 is 1.29 bits per heavy atom. The Balaban J connectivity index is 2.11. The molecule has 0 atom stereocenters. The molecule has 104 valence electrons. The van der Waals surface area contributed by atoms with Gasteiger partial charge in [-0.2, -0.15) is 0 Å². The third kappa shape index (κ3) is 3.05. The van der Waals surface area contributed by atoms with E-state index in [1.165, 1.54) is 27.8 Å². The number of hydrogen-bond acceptors (Lipinski definition) is 0. The molecule has 0 amide bonds. The van der Waals surface area contributed by atoms with Gasteiger partial charge in [-0.25, -0.2) is 0 Å². The summed E-state index contributed by atoms with van der Waals surface area (Å²) in [7, 11) is 0. The lowest BCUT2D eigenvalue weighted by atomic mass is 9.85. The fourth-order valence-corrected chi connectivity index (χ4v) is 2.74. The van der Waals surface area contributed by atoms with Gasteiger partial charge in [0.1, 0.15) is 0 Å². The number of hydrogen-bond donors (Lipinski definition) is 0. The largest absolute Gasteiger partial charge is 0.0622 e. The molecule has 0 aliphatic rings. The maximum atomic E-state index is 2.24. The Kier molecular flexibility index (Phi) is 3.87. The molecule has 0 aliphatic carbocycles. The van der Waals surface area contributed by atoms with E-state index in [0.29, 0.717) is 5.92 Å². The van der Waals surface area contributed by atoms with E-state index in [2.05, 4.69) is 92.7 Å². The van der Waals surface area contributed by atoms with Crippen molar-refractivity contribution in [3.05, 3.63) is 107 Å². The summed E-state index contributed by atoms with van der Waals surface area (Å²) in [6.45, 7) is 4.26. The van der Waals surface area contributed by atoms with E-state index in [0.717, 1.165) is 0 Å². The zero-order chi connectivity index (χ0) is 14.7. The predicted octanol–water partition coefficient (Wildman–Crippen LogP) is 5.48. The first-order valence-electron chi connectivity index (χ1n) is 7.42. The van der Waals surface area contributed by atoms with Crippen LogP contribution >= 0.6 is 0 Å². The highest BCUT2D eigenvalue weighted by Crippen LogP contribution is 2.32. The summed E-state index contributed by atoms with van der Waals surface area (Å²) in [5, 5.41) is 0. The van der Waals surface area contributed by atoms with Gasteiger partial charge in [0, 0.05) is 5.92 Å². The molecule has 0 aliphatic heterocycles. The van der Waals surface area contributed by atoms with Crippen molar-refractivity contribution in [3.8, 4) is 0 Å². The molecular weight excluding hydrogens is 252 g/mol. The average Bonchev–Trinajstić information content (AvgIpc) is 2.52. The molecule has 3 aromatic rings. The van der Waals surface area contributed by atoms with Gasteiger partial charge >= 0.3 is 0 Å². The molecule has 0 nitrogen and oxygen atoms in total. The van der Waals surface area contributed by atoms with Gasteiger partial charge in [0.2, 0.25) is 0 Å². The average molecular weight is 272 g/mol. The molecule has 0 spiro atoms. The smallest absolute Gasteiger partial charge is 0.0339 e. The highest BCUT2D eigenvalue weighted by molar-refractivity contribution is 5.44. The first-order chi connectivity index (χ1) is 10.2. The van der Waals surface area contributed by atoms with Gasteiger partial charge in [-0.05, 0) is 30.5 Å². The van der Waals surface area contributed by atoms with Crippen LogP contribution in [-0.2, 0) is 0 Å². The van der Waals surface area contributed by atoms with Crippen LogP contribution in [0.2, 0.25) is 0 Å². The van der Waals surface area contributed by atoms with Crippen molar-refractivity contribution in [2.24, 2.45) is 0 Å². The minimum Gasteiger partial charge on any atom is -0.0622 e. The molecule has 0 heterocycles. The normalized spacial score (nSPS) is 10.8. The lowest BCUT2D eigenvalue weighted by Crippen LogP contribution is -2.03. The predicted molar refractivity (Wildman–Crippen MR) is 89.7 cm³/mol. The minimum absolute atomic E-state index is 0.299. The lowest BCUT2D eigenvalue weighted by molar-refractivity contribution is 0.974. The quantitative estimate of drug-likeness (QED) is 0.553. The Morgan fingerprint density at radius 2 is 0.857 bits per heavy atom. The summed E-state index contributed by atoms with van der Waals surface area (Å²) in [4.78, 5) is 0. The second kappa shape index (κ2) is 5.97. The lowest BCUT2D eigenvalue weighted by Gasteiger charge is -2.19. The van der Waals surface area contributed by atoms with Gasteiger partial charge < -0.3 is 0 Å². The molecule has 0 saturated heterocycles. The van der Waals surface area contributed by atoms with Crippen LogP contribution in [0.3, 0.4) is 0 Å². The van der Waals surface area contributed by atoms with E-state index in [1.807, 2.05) is 0 Å². The number of benzene rings is 3. The van der Waals surface area contributed by atoms with Crippen molar-refractivity contribution in [2.45, 2.75) is 19.8 Å². The molecule has 21 heavy (non-hydrogen) atoms. The van der Waals surface area contributed by atoms with Crippen LogP contribution in [0.15, 0.2) is 78.9 Å². The maximum Gasteiger partial charge on any atom is 0.0339 e. The van der Waals surface area contributed by atoms with Crippen molar-refractivity contribution in [2.75, 3.05) is 0 Å². The Bertz CT molecular complexity index is 646. The van der Waals surface area contributed by atoms with Gasteiger partial charge in [-0.15, -0.1) is 0 Å². The molecule has 0 N–H and O–H groups in total. The van der Waals surface area contributed by atoms with Crippen LogP contribution in [0.4, 0.5) is 0 Å². The molecule has 0 unspecified atom stereocenters. The zero-order valence-electron chi connectivity index (χ0n) is 12.6. The summed E-state index contributed by atoms with van der Waals surface area (Å²) in [6, 6.07) is 28.5. The Morgan fingerprint density at radius 1 is 0.476 bits per heavy atom. The van der Waals surface area contributed by atoms with Crippen molar-refractivity contribution < 1.29 is 0 Å². The van der Waals surface area contributed by atoms with Crippen LogP contribution in [0.5, 0.6) is 0 Å². The Hall–Kier alpha value is -2.34. The SMILES string of the molecule is Cc1ccc(C(c2ccccc2)c2ccc(C)cc2)cc1. The minimum atomic E-state index is 0.299. The van der Waals surface area contributed by atoms with Crippen molar-refractivity contribution >= 4 is 0 Å². The highest BCUT2D eigenvalue weighted by Gasteiger charge is 2.16. The standard InChI is InChI=1S/C21H20/c1-16-8-12-19(13-9-16)21(18-6-4-3-5-7-18)20-14-10-17(2)11-15-20/h3-15,21H,1-2H3. The fraction of sp³-hybridized carbons (Fsp3) is 0.143. The first kappa shape index (κ1) is 13.6. The number of rotatable bonds is 3. The third-order valence-corrected chi connectivity index (χ3v) is 3.95. The van der Waals surface area contributed by atoms with Crippen LogP contribution < -0.4 is 0 Å². The van der Waals surface area contributed by atoms with Crippen LogP contribution in [-0.4, -0.2) is 0 Å². The zero-order valence-corrected chi connectivity index (χ0v) is 12.6. The van der Waals surface area contributed by atoms with E-state index in [1.54, 1.807) is 0 Å².